The maximum absolute atomic E-state index is 12.3. The summed E-state index contributed by atoms with van der Waals surface area (Å²) < 4.78 is 34.0. The van der Waals surface area contributed by atoms with Crippen molar-refractivity contribution in [3.8, 4) is 11.5 Å². The van der Waals surface area contributed by atoms with Gasteiger partial charge in [0, 0.05) is 25.0 Å². The van der Waals surface area contributed by atoms with Gasteiger partial charge in [-0.1, -0.05) is 18.2 Å². The molecule has 152 valence electrons. The minimum absolute atomic E-state index is 0.116. The Balaban J connectivity index is 1.81. The van der Waals surface area contributed by atoms with Crippen LogP contribution in [0.3, 0.4) is 0 Å². The second kappa shape index (κ2) is 10.8. The van der Waals surface area contributed by atoms with Gasteiger partial charge < -0.3 is 19.7 Å². The Kier molecular flexibility index (Phi) is 8.38. The summed E-state index contributed by atoms with van der Waals surface area (Å²) >= 11 is 1.60. The number of methoxy groups -OCH3 is 1. The van der Waals surface area contributed by atoms with E-state index in [1.165, 1.54) is 12.1 Å². The highest BCUT2D eigenvalue weighted by molar-refractivity contribution is 7.98. The lowest BCUT2D eigenvalue weighted by atomic mass is 10.1. The number of benzene rings is 2. The standard InChI is InChI=1S/C20H24F2N2O3S/c1-24(13-15-6-9-18(28-3)17(12-15)26-2)20(25)23-11-10-14-4-7-16(8-5-14)27-19(21)22/h4-9,12,19H,10-11,13H2,1-3H3,(H,23,25). The van der Waals surface area contributed by atoms with Crippen LogP contribution in [0.1, 0.15) is 11.1 Å². The number of carbonyl (C=O) groups is 1. The Bertz CT molecular complexity index is 773. The molecule has 28 heavy (non-hydrogen) atoms. The van der Waals surface area contributed by atoms with E-state index < -0.39 is 6.61 Å². The molecule has 0 atom stereocenters. The van der Waals surface area contributed by atoms with E-state index in [1.54, 1.807) is 43.0 Å². The molecule has 5 nitrogen and oxygen atoms in total. The van der Waals surface area contributed by atoms with Gasteiger partial charge >= 0.3 is 12.6 Å². The van der Waals surface area contributed by atoms with Gasteiger partial charge in [-0.05, 0) is 48.1 Å². The summed E-state index contributed by atoms with van der Waals surface area (Å²) in [4.78, 5) is 14.9. The lowest BCUT2D eigenvalue weighted by molar-refractivity contribution is -0.0498. The molecule has 0 aromatic heterocycles. The van der Waals surface area contributed by atoms with Crippen LogP contribution in [0.15, 0.2) is 47.4 Å². The summed E-state index contributed by atoms with van der Waals surface area (Å²) in [7, 11) is 3.35. The van der Waals surface area contributed by atoms with Gasteiger partial charge in [-0.15, -0.1) is 11.8 Å². The van der Waals surface area contributed by atoms with E-state index in [4.69, 9.17) is 4.74 Å². The average Bonchev–Trinajstić information content (AvgIpc) is 2.68. The molecule has 0 spiro atoms. The van der Waals surface area contributed by atoms with E-state index in [2.05, 4.69) is 10.1 Å². The fraction of sp³-hybridized carbons (Fsp3) is 0.350. The van der Waals surface area contributed by atoms with Crippen LogP contribution >= 0.6 is 11.8 Å². The second-order valence-electron chi connectivity index (χ2n) is 6.05. The van der Waals surface area contributed by atoms with Gasteiger partial charge in [0.25, 0.3) is 0 Å². The molecule has 0 saturated heterocycles. The van der Waals surface area contributed by atoms with Crippen molar-refractivity contribution >= 4 is 17.8 Å². The summed E-state index contributed by atoms with van der Waals surface area (Å²) in [5.74, 6) is 0.906. The van der Waals surface area contributed by atoms with Crippen molar-refractivity contribution < 1.29 is 23.0 Å². The number of rotatable bonds is 9. The maximum atomic E-state index is 12.3. The SMILES string of the molecule is COc1cc(CN(C)C(=O)NCCc2ccc(OC(F)F)cc2)ccc1SC. The van der Waals surface area contributed by atoms with Crippen molar-refractivity contribution in [1.82, 2.24) is 10.2 Å². The Labute approximate surface area is 168 Å². The molecule has 0 aliphatic rings. The summed E-state index contributed by atoms with van der Waals surface area (Å²) in [6, 6.07) is 12.1. The second-order valence-corrected chi connectivity index (χ2v) is 6.90. The highest BCUT2D eigenvalue weighted by Gasteiger charge is 2.11. The van der Waals surface area contributed by atoms with Crippen LogP contribution in [-0.2, 0) is 13.0 Å². The molecular weight excluding hydrogens is 386 g/mol. The van der Waals surface area contributed by atoms with Crippen LogP contribution in [0, 0.1) is 0 Å². The molecule has 1 N–H and O–H groups in total. The number of ether oxygens (including phenoxy) is 2. The lowest BCUT2D eigenvalue weighted by Gasteiger charge is -2.19. The number of urea groups is 1. The average molecular weight is 410 g/mol. The predicted octanol–water partition coefficient (Wildman–Crippen LogP) is 4.40. The van der Waals surface area contributed by atoms with Crippen molar-refractivity contribution in [2.75, 3.05) is 27.0 Å². The van der Waals surface area contributed by atoms with Crippen molar-refractivity contribution in [3.05, 3.63) is 53.6 Å². The van der Waals surface area contributed by atoms with Gasteiger partial charge in [-0.2, -0.15) is 8.78 Å². The number of amides is 2. The molecule has 0 saturated carbocycles. The van der Waals surface area contributed by atoms with Crippen LogP contribution in [0.4, 0.5) is 13.6 Å². The molecule has 2 aromatic rings. The minimum Gasteiger partial charge on any atom is -0.496 e. The molecule has 2 aromatic carbocycles. The summed E-state index contributed by atoms with van der Waals surface area (Å²) in [5, 5.41) is 2.85. The van der Waals surface area contributed by atoms with Crippen LogP contribution in [0.2, 0.25) is 0 Å². The minimum atomic E-state index is -2.84. The number of hydrogen-bond donors (Lipinski definition) is 1. The zero-order valence-corrected chi connectivity index (χ0v) is 16.9. The van der Waals surface area contributed by atoms with E-state index in [0.29, 0.717) is 19.5 Å². The van der Waals surface area contributed by atoms with E-state index in [1.807, 2.05) is 24.5 Å². The normalized spacial score (nSPS) is 10.6. The van der Waals surface area contributed by atoms with Gasteiger partial charge in [0.2, 0.25) is 0 Å². The lowest BCUT2D eigenvalue weighted by Crippen LogP contribution is -2.37. The first-order chi connectivity index (χ1) is 13.4. The molecular formula is C20H24F2N2O3S. The third-order valence-electron chi connectivity index (χ3n) is 4.05. The zero-order chi connectivity index (χ0) is 20.5. The first-order valence-corrected chi connectivity index (χ1v) is 9.89. The Morgan fingerprint density at radius 3 is 2.46 bits per heavy atom. The molecule has 8 heteroatoms. The van der Waals surface area contributed by atoms with Gasteiger partial charge in [0.15, 0.2) is 0 Å². The van der Waals surface area contributed by atoms with Gasteiger partial charge in [0.05, 0.1) is 7.11 Å². The fourth-order valence-electron chi connectivity index (χ4n) is 2.61. The number of nitrogens with one attached hydrogen (secondary N) is 1. The van der Waals surface area contributed by atoms with Gasteiger partial charge in [-0.3, -0.25) is 0 Å². The Hall–Kier alpha value is -2.48. The molecule has 0 aliphatic carbocycles. The molecule has 2 amide bonds. The third kappa shape index (κ3) is 6.60. The van der Waals surface area contributed by atoms with Gasteiger partial charge in [-0.25, -0.2) is 4.79 Å². The number of nitrogens with zero attached hydrogens (tertiary/aromatic N) is 1. The summed E-state index contributed by atoms with van der Waals surface area (Å²) in [6.45, 7) is -1.94. The van der Waals surface area contributed by atoms with Crippen LogP contribution < -0.4 is 14.8 Å². The Morgan fingerprint density at radius 2 is 1.86 bits per heavy atom. The highest BCUT2D eigenvalue weighted by atomic mass is 32.2. The van der Waals surface area contributed by atoms with E-state index >= 15 is 0 Å². The van der Waals surface area contributed by atoms with E-state index in [0.717, 1.165) is 21.8 Å². The number of hydrogen-bond acceptors (Lipinski definition) is 4. The maximum Gasteiger partial charge on any atom is 0.387 e. The van der Waals surface area contributed by atoms with Gasteiger partial charge in [0.1, 0.15) is 11.5 Å². The molecule has 0 aliphatic heterocycles. The van der Waals surface area contributed by atoms with E-state index in [9.17, 15) is 13.6 Å². The quantitative estimate of drug-likeness (QED) is 0.623. The number of halogens is 2. The van der Waals surface area contributed by atoms with E-state index in [-0.39, 0.29) is 11.8 Å². The monoisotopic (exact) mass is 410 g/mol. The molecule has 2 rings (SSSR count). The topological polar surface area (TPSA) is 50.8 Å². The fourth-order valence-corrected chi connectivity index (χ4v) is 3.16. The molecule has 0 heterocycles. The number of thioether (sulfide) groups is 1. The van der Waals surface area contributed by atoms with Crippen molar-refractivity contribution in [1.29, 1.82) is 0 Å². The molecule has 0 unspecified atom stereocenters. The molecule has 0 fully saturated rings. The first kappa shape index (κ1) is 21.8. The number of alkyl halides is 2. The molecule has 0 radical (unpaired) electrons. The largest absolute Gasteiger partial charge is 0.496 e. The Morgan fingerprint density at radius 1 is 1.18 bits per heavy atom. The van der Waals surface area contributed by atoms with Crippen molar-refractivity contribution in [2.45, 2.75) is 24.5 Å². The van der Waals surface area contributed by atoms with Crippen molar-refractivity contribution in [2.24, 2.45) is 0 Å². The first-order valence-electron chi connectivity index (χ1n) is 8.66. The van der Waals surface area contributed by atoms with Crippen LogP contribution in [0.25, 0.3) is 0 Å². The summed E-state index contributed by atoms with van der Waals surface area (Å²) in [5.41, 5.74) is 1.89. The van der Waals surface area contributed by atoms with Crippen molar-refractivity contribution in [3.63, 3.8) is 0 Å². The number of carbonyl (C=O) groups excluding carboxylic acids is 1. The third-order valence-corrected chi connectivity index (χ3v) is 4.83. The smallest absolute Gasteiger partial charge is 0.387 e. The highest BCUT2D eigenvalue weighted by Crippen LogP contribution is 2.28. The van der Waals surface area contributed by atoms with Crippen LogP contribution in [-0.4, -0.2) is 44.5 Å². The summed E-state index contributed by atoms with van der Waals surface area (Å²) in [6.07, 6.45) is 2.57. The predicted molar refractivity (Wildman–Crippen MR) is 106 cm³/mol. The molecule has 0 bridgehead atoms. The van der Waals surface area contributed by atoms with Crippen LogP contribution in [0.5, 0.6) is 11.5 Å². The zero-order valence-electron chi connectivity index (χ0n) is 16.1.